The Balaban J connectivity index is 2.54. The third-order valence-corrected chi connectivity index (χ3v) is 2.70. The van der Waals surface area contributed by atoms with Crippen molar-refractivity contribution >= 4 is 5.97 Å². The van der Waals surface area contributed by atoms with E-state index >= 15 is 0 Å². The van der Waals surface area contributed by atoms with Crippen LogP contribution in [-0.2, 0) is 0 Å². The zero-order chi connectivity index (χ0) is 14.2. The summed E-state index contributed by atoms with van der Waals surface area (Å²) in [6, 6.07) is 3.16. The summed E-state index contributed by atoms with van der Waals surface area (Å²) in [5.41, 5.74) is -0.0143. The molecule has 0 aliphatic carbocycles. The highest BCUT2D eigenvalue weighted by atomic mass is 19.1. The van der Waals surface area contributed by atoms with E-state index in [1.165, 1.54) is 6.07 Å². The molecule has 0 aliphatic heterocycles. The van der Waals surface area contributed by atoms with Gasteiger partial charge in [-0.2, -0.15) is 0 Å². The van der Waals surface area contributed by atoms with Gasteiger partial charge in [-0.15, -0.1) is 0 Å². The number of carbonyl (C=O) groups is 1. The molecular formula is C13H11F2NO3. The van der Waals surface area contributed by atoms with Crippen molar-refractivity contribution in [2.75, 3.05) is 0 Å². The molecule has 0 fully saturated rings. The van der Waals surface area contributed by atoms with Crippen molar-refractivity contribution in [3.8, 4) is 11.3 Å². The Hall–Kier alpha value is -2.24. The summed E-state index contributed by atoms with van der Waals surface area (Å²) in [6.45, 7) is 3.53. The first kappa shape index (κ1) is 13.2. The average molecular weight is 267 g/mol. The fraction of sp³-hybridized carbons (Fsp3) is 0.231. The van der Waals surface area contributed by atoms with Crippen molar-refractivity contribution in [2.45, 2.75) is 19.8 Å². The van der Waals surface area contributed by atoms with E-state index in [9.17, 15) is 13.6 Å². The van der Waals surface area contributed by atoms with Crippen LogP contribution in [-0.4, -0.2) is 16.2 Å². The van der Waals surface area contributed by atoms with Gasteiger partial charge in [0.05, 0.1) is 5.56 Å². The Morgan fingerprint density at radius 3 is 2.47 bits per heavy atom. The number of hydrogen-bond acceptors (Lipinski definition) is 3. The topological polar surface area (TPSA) is 63.3 Å². The first-order valence-corrected chi connectivity index (χ1v) is 5.59. The van der Waals surface area contributed by atoms with Gasteiger partial charge < -0.3 is 9.63 Å². The van der Waals surface area contributed by atoms with Crippen LogP contribution in [0.3, 0.4) is 0 Å². The Morgan fingerprint density at radius 2 is 1.95 bits per heavy atom. The van der Waals surface area contributed by atoms with E-state index in [0.29, 0.717) is 5.56 Å². The molecule has 6 heteroatoms. The molecule has 0 radical (unpaired) electrons. The third kappa shape index (κ3) is 2.47. The van der Waals surface area contributed by atoms with Crippen molar-refractivity contribution in [1.82, 2.24) is 5.16 Å². The highest BCUT2D eigenvalue weighted by Crippen LogP contribution is 2.29. The van der Waals surface area contributed by atoms with Crippen molar-refractivity contribution in [3.05, 3.63) is 41.1 Å². The zero-order valence-corrected chi connectivity index (χ0v) is 10.3. The molecule has 0 aliphatic rings. The van der Waals surface area contributed by atoms with Crippen molar-refractivity contribution in [2.24, 2.45) is 0 Å². The van der Waals surface area contributed by atoms with Crippen LogP contribution in [0, 0.1) is 11.6 Å². The molecular weight excluding hydrogens is 256 g/mol. The van der Waals surface area contributed by atoms with Crippen LogP contribution >= 0.6 is 0 Å². The molecule has 1 aromatic heterocycles. The number of halogens is 2. The Bertz CT molecular complexity index is 635. The largest absolute Gasteiger partial charge is 0.476 e. The standard InChI is InChI=1S/C13H11F2NO3/c1-6(2)7-3-8(10(15)4-9(7)14)12-5-11(13(17)18)16-19-12/h3-6H,1-2H3,(H,17,18). The maximum atomic E-state index is 13.7. The maximum absolute atomic E-state index is 13.7. The Morgan fingerprint density at radius 1 is 1.26 bits per heavy atom. The van der Waals surface area contributed by atoms with Gasteiger partial charge in [-0.3, -0.25) is 0 Å². The second kappa shape index (κ2) is 4.79. The lowest BCUT2D eigenvalue weighted by Gasteiger charge is -2.09. The second-order valence-corrected chi connectivity index (χ2v) is 4.39. The summed E-state index contributed by atoms with van der Waals surface area (Å²) in [5, 5.41) is 12.0. The minimum absolute atomic E-state index is 0.00917. The summed E-state index contributed by atoms with van der Waals surface area (Å²) in [7, 11) is 0. The molecule has 1 aromatic carbocycles. The van der Waals surface area contributed by atoms with E-state index in [-0.39, 0.29) is 22.9 Å². The lowest BCUT2D eigenvalue weighted by atomic mass is 9.98. The van der Waals surface area contributed by atoms with Gasteiger partial charge in [0, 0.05) is 12.1 Å². The average Bonchev–Trinajstić information content (AvgIpc) is 2.77. The maximum Gasteiger partial charge on any atom is 0.358 e. The fourth-order valence-electron chi connectivity index (χ4n) is 1.70. The summed E-state index contributed by atoms with van der Waals surface area (Å²) in [6.07, 6.45) is 0. The molecule has 0 spiro atoms. The van der Waals surface area contributed by atoms with Gasteiger partial charge in [-0.1, -0.05) is 19.0 Å². The smallest absolute Gasteiger partial charge is 0.358 e. The van der Waals surface area contributed by atoms with Crippen molar-refractivity contribution in [1.29, 1.82) is 0 Å². The Kier molecular flexibility index (Phi) is 3.33. The number of carboxylic acid groups (broad SMARTS) is 1. The number of hydrogen-bond donors (Lipinski definition) is 1. The minimum atomic E-state index is -1.28. The van der Waals surface area contributed by atoms with Gasteiger partial charge in [0.15, 0.2) is 11.5 Å². The number of nitrogens with zero attached hydrogens (tertiary/aromatic N) is 1. The molecule has 0 atom stereocenters. The van der Waals surface area contributed by atoms with Crippen molar-refractivity contribution in [3.63, 3.8) is 0 Å². The van der Waals surface area contributed by atoms with Crippen LogP contribution < -0.4 is 0 Å². The summed E-state index contributed by atoms with van der Waals surface area (Å²) in [4.78, 5) is 10.7. The van der Waals surface area contributed by atoms with Crippen molar-refractivity contribution < 1.29 is 23.2 Å². The summed E-state index contributed by atoms with van der Waals surface area (Å²) < 4.78 is 32.0. The first-order chi connectivity index (χ1) is 8.90. The highest BCUT2D eigenvalue weighted by Gasteiger charge is 2.18. The number of aromatic nitrogens is 1. The third-order valence-electron chi connectivity index (χ3n) is 2.70. The molecule has 1 N–H and O–H groups in total. The van der Waals surface area contributed by atoms with E-state index in [0.717, 1.165) is 12.1 Å². The molecule has 0 unspecified atom stereocenters. The molecule has 0 amide bonds. The van der Waals surface area contributed by atoms with Crippen LogP contribution in [0.25, 0.3) is 11.3 Å². The highest BCUT2D eigenvalue weighted by molar-refractivity contribution is 5.86. The van der Waals surface area contributed by atoms with Crippen LogP contribution in [0.5, 0.6) is 0 Å². The van der Waals surface area contributed by atoms with E-state index in [4.69, 9.17) is 9.63 Å². The number of carboxylic acids is 1. The van der Waals surface area contributed by atoms with Gasteiger partial charge in [-0.05, 0) is 17.5 Å². The SMILES string of the molecule is CC(C)c1cc(-c2cc(C(=O)O)no2)c(F)cc1F. The number of rotatable bonds is 3. The number of benzene rings is 1. The fourth-order valence-corrected chi connectivity index (χ4v) is 1.70. The van der Waals surface area contributed by atoms with Gasteiger partial charge in [0.1, 0.15) is 11.6 Å². The molecule has 2 aromatic rings. The van der Waals surface area contributed by atoms with E-state index in [1.54, 1.807) is 13.8 Å². The van der Waals surface area contributed by atoms with E-state index in [1.807, 2.05) is 0 Å². The molecule has 4 nitrogen and oxygen atoms in total. The van der Waals surface area contributed by atoms with Gasteiger partial charge in [0.25, 0.3) is 0 Å². The normalized spacial score (nSPS) is 11.0. The van der Waals surface area contributed by atoms with Gasteiger partial charge in [-0.25, -0.2) is 13.6 Å². The Labute approximate surface area is 107 Å². The van der Waals surface area contributed by atoms with Crippen LogP contribution in [0.4, 0.5) is 8.78 Å². The van der Waals surface area contributed by atoms with E-state index in [2.05, 4.69) is 5.16 Å². The molecule has 0 saturated heterocycles. The first-order valence-electron chi connectivity index (χ1n) is 5.59. The predicted octanol–water partition coefficient (Wildman–Crippen LogP) is 3.44. The molecule has 0 saturated carbocycles. The molecule has 1 heterocycles. The van der Waals surface area contributed by atoms with Crippen LogP contribution in [0.1, 0.15) is 35.8 Å². The van der Waals surface area contributed by atoms with Gasteiger partial charge >= 0.3 is 5.97 Å². The second-order valence-electron chi connectivity index (χ2n) is 4.39. The quantitative estimate of drug-likeness (QED) is 0.925. The van der Waals surface area contributed by atoms with E-state index < -0.39 is 17.6 Å². The molecule has 2 rings (SSSR count). The monoisotopic (exact) mass is 267 g/mol. The summed E-state index contributed by atoms with van der Waals surface area (Å²) >= 11 is 0. The summed E-state index contributed by atoms with van der Waals surface area (Å²) in [5.74, 6) is -2.93. The minimum Gasteiger partial charge on any atom is -0.476 e. The molecule has 100 valence electrons. The molecule has 0 bridgehead atoms. The van der Waals surface area contributed by atoms with Crippen LogP contribution in [0.2, 0.25) is 0 Å². The van der Waals surface area contributed by atoms with Gasteiger partial charge in [0.2, 0.25) is 0 Å². The predicted molar refractivity (Wildman–Crippen MR) is 62.9 cm³/mol. The zero-order valence-electron chi connectivity index (χ0n) is 10.3. The lowest BCUT2D eigenvalue weighted by molar-refractivity contribution is 0.0686. The van der Waals surface area contributed by atoms with Crippen LogP contribution in [0.15, 0.2) is 22.7 Å². The lowest BCUT2D eigenvalue weighted by Crippen LogP contribution is -1.97. The molecule has 19 heavy (non-hydrogen) atoms. The number of aromatic carboxylic acids is 1.